The Bertz CT molecular complexity index is 282. The molecule has 0 saturated carbocycles. The summed E-state index contributed by atoms with van der Waals surface area (Å²) in [6, 6.07) is 0. The molecule has 0 heterocycles. The number of hydrogen-bond acceptors (Lipinski definition) is 3. The SMILES string of the molecule is CCC(CC)(C(=O)O)C(=O)OC(C(C)C)C(C)C. The first kappa shape index (κ1) is 16.9. The lowest BCUT2D eigenvalue weighted by atomic mass is 9.82. The molecule has 0 atom stereocenters. The van der Waals surface area contributed by atoms with Crippen LogP contribution in [0.1, 0.15) is 54.4 Å². The van der Waals surface area contributed by atoms with Crippen molar-refractivity contribution in [3.63, 3.8) is 0 Å². The van der Waals surface area contributed by atoms with Crippen LogP contribution in [0.3, 0.4) is 0 Å². The zero-order chi connectivity index (χ0) is 14.5. The van der Waals surface area contributed by atoms with Gasteiger partial charge in [0.25, 0.3) is 0 Å². The molecule has 4 nitrogen and oxygen atoms in total. The molecule has 0 aliphatic carbocycles. The van der Waals surface area contributed by atoms with Gasteiger partial charge < -0.3 is 9.84 Å². The first-order chi connectivity index (χ1) is 8.22. The number of rotatable bonds is 7. The third kappa shape index (κ3) is 3.47. The van der Waals surface area contributed by atoms with Gasteiger partial charge in [0, 0.05) is 0 Å². The highest BCUT2D eigenvalue weighted by Crippen LogP contribution is 2.30. The molecule has 0 unspecified atom stereocenters. The standard InChI is InChI=1S/C14H26O4/c1-7-14(8-2,12(15)16)13(17)18-11(9(3)4)10(5)6/h9-11H,7-8H2,1-6H3,(H,15,16). The first-order valence-electron chi connectivity index (χ1n) is 6.67. The van der Waals surface area contributed by atoms with Crippen LogP contribution < -0.4 is 0 Å². The maximum atomic E-state index is 12.2. The number of aliphatic carboxylic acids is 1. The Kier molecular flexibility index (Phi) is 6.36. The monoisotopic (exact) mass is 258 g/mol. The third-order valence-electron chi connectivity index (χ3n) is 3.56. The Morgan fingerprint density at radius 1 is 1.06 bits per heavy atom. The van der Waals surface area contributed by atoms with Crippen LogP contribution in [0.5, 0.6) is 0 Å². The molecule has 4 heteroatoms. The minimum atomic E-state index is -1.40. The summed E-state index contributed by atoms with van der Waals surface area (Å²) in [4.78, 5) is 23.5. The molecule has 0 aromatic heterocycles. The molecule has 0 aromatic rings. The van der Waals surface area contributed by atoms with Crippen molar-refractivity contribution in [3.8, 4) is 0 Å². The number of hydrogen-bond donors (Lipinski definition) is 1. The number of ether oxygens (including phenoxy) is 1. The zero-order valence-electron chi connectivity index (χ0n) is 12.3. The second-order valence-electron chi connectivity index (χ2n) is 5.45. The predicted molar refractivity (Wildman–Crippen MR) is 70.2 cm³/mol. The lowest BCUT2D eigenvalue weighted by molar-refractivity contribution is -0.176. The number of carboxylic acid groups (broad SMARTS) is 1. The third-order valence-corrected chi connectivity index (χ3v) is 3.56. The smallest absolute Gasteiger partial charge is 0.323 e. The van der Waals surface area contributed by atoms with Crippen LogP contribution in [0, 0.1) is 17.3 Å². The molecule has 106 valence electrons. The Morgan fingerprint density at radius 2 is 1.44 bits per heavy atom. The van der Waals surface area contributed by atoms with Gasteiger partial charge in [-0.2, -0.15) is 0 Å². The molecular weight excluding hydrogens is 232 g/mol. The summed E-state index contributed by atoms with van der Waals surface area (Å²) in [6.45, 7) is 11.3. The molecule has 0 rings (SSSR count). The van der Waals surface area contributed by atoms with Crippen molar-refractivity contribution in [1.82, 2.24) is 0 Å². The van der Waals surface area contributed by atoms with Gasteiger partial charge in [0.2, 0.25) is 0 Å². The molecule has 0 aromatic carbocycles. The summed E-state index contributed by atoms with van der Waals surface area (Å²) in [6.07, 6.45) is 0.260. The van der Waals surface area contributed by atoms with Crippen molar-refractivity contribution in [2.45, 2.75) is 60.5 Å². The number of esters is 1. The summed E-state index contributed by atoms with van der Waals surface area (Å²) in [7, 11) is 0. The Morgan fingerprint density at radius 3 is 1.67 bits per heavy atom. The fraction of sp³-hybridized carbons (Fsp3) is 0.857. The molecule has 0 radical (unpaired) electrons. The van der Waals surface area contributed by atoms with E-state index in [-0.39, 0.29) is 30.8 Å². The molecule has 0 spiro atoms. The van der Waals surface area contributed by atoms with Crippen molar-refractivity contribution in [3.05, 3.63) is 0 Å². The van der Waals surface area contributed by atoms with E-state index in [1.807, 2.05) is 27.7 Å². The normalized spacial score (nSPS) is 12.3. The predicted octanol–water partition coefficient (Wildman–Crippen LogP) is 3.10. The van der Waals surface area contributed by atoms with Crippen molar-refractivity contribution in [2.24, 2.45) is 17.3 Å². The fourth-order valence-electron chi connectivity index (χ4n) is 2.21. The van der Waals surface area contributed by atoms with Crippen LogP contribution in [0.2, 0.25) is 0 Å². The number of carboxylic acids is 1. The van der Waals surface area contributed by atoms with Crippen LogP contribution in [-0.2, 0) is 14.3 Å². The molecule has 0 aliphatic rings. The second-order valence-corrected chi connectivity index (χ2v) is 5.45. The Balaban J connectivity index is 5.07. The highest BCUT2D eigenvalue weighted by molar-refractivity contribution is 5.99. The molecule has 0 saturated heterocycles. The molecule has 18 heavy (non-hydrogen) atoms. The van der Waals surface area contributed by atoms with Gasteiger partial charge in [-0.3, -0.25) is 9.59 Å². The van der Waals surface area contributed by atoms with E-state index in [4.69, 9.17) is 4.74 Å². The van der Waals surface area contributed by atoms with Crippen LogP contribution >= 0.6 is 0 Å². The summed E-state index contributed by atoms with van der Waals surface area (Å²) < 4.78 is 5.46. The van der Waals surface area contributed by atoms with Crippen LogP contribution in [-0.4, -0.2) is 23.1 Å². The Labute approximate surface area is 110 Å². The molecular formula is C14H26O4. The average Bonchev–Trinajstić information content (AvgIpc) is 2.26. The van der Waals surface area contributed by atoms with Gasteiger partial charge in [-0.05, 0) is 24.7 Å². The molecule has 0 fully saturated rings. The van der Waals surface area contributed by atoms with E-state index in [1.165, 1.54) is 0 Å². The molecule has 0 bridgehead atoms. The average molecular weight is 258 g/mol. The molecule has 0 amide bonds. The highest BCUT2D eigenvalue weighted by Gasteiger charge is 2.45. The van der Waals surface area contributed by atoms with E-state index in [9.17, 15) is 14.7 Å². The zero-order valence-corrected chi connectivity index (χ0v) is 12.3. The molecule has 0 aliphatic heterocycles. The highest BCUT2D eigenvalue weighted by atomic mass is 16.5. The van der Waals surface area contributed by atoms with Crippen molar-refractivity contribution in [2.75, 3.05) is 0 Å². The lowest BCUT2D eigenvalue weighted by Gasteiger charge is -2.31. The van der Waals surface area contributed by atoms with E-state index in [2.05, 4.69) is 0 Å². The van der Waals surface area contributed by atoms with Gasteiger partial charge in [0.05, 0.1) is 0 Å². The van der Waals surface area contributed by atoms with Gasteiger partial charge in [-0.25, -0.2) is 0 Å². The maximum Gasteiger partial charge on any atom is 0.323 e. The van der Waals surface area contributed by atoms with Gasteiger partial charge in [-0.15, -0.1) is 0 Å². The van der Waals surface area contributed by atoms with Gasteiger partial charge in [0.1, 0.15) is 6.10 Å². The van der Waals surface area contributed by atoms with Crippen molar-refractivity contribution in [1.29, 1.82) is 0 Å². The molecule has 1 N–H and O–H groups in total. The summed E-state index contributed by atoms with van der Waals surface area (Å²) in [5, 5.41) is 9.28. The van der Waals surface area contributed by atoms with E-state index in [0.29, 0.717) is 0 Å². The minimum absolute atomic E-state index is 0.175. The van der Waals surface area contributed by atoms with Gasteiger partial charge in [-0.1, -0.05) is 41.5 Å². The van der Waals surface area contributed by atoms with E-state index in [1.54, 1.807) is 13.8 Å². The lowest BCUT2D eigenvalue weighted by Crippen LogP contribution is -2.43. The maximum absolute atomic E-state index is 12.2. The fourth-order valence-corrected chi connectivity index (χ4v) is 2.21. The minimum Gasteiger partial charge on any atom is -0.480 e. The number of carbonyl (C=O) groups is 2. The number of carbonyl (C=O) groups excluding carboxylic acids is 1. The van der Waals surface area contributed by atoms with E-state index < -0.39 is 17.4 Å². The van der Waals surface area contributed by atoms with E-state index in [0.717, 1.165) is 0 Å². The Hall–Kier alpha value is -1.06. The quantitative estimate of drug-likeness (QED) is 0.563. The second kappa shape index (κ2) is 6.76. The summed E-state index contributed by atoms with van der Waals surface area (Å²) in [5.74, 6) is -1.35. The van der Waals surface area contributed by atoms with Crippen LogP contribution in [0.15, 0.2) is 0 Å². The van der Waals surface area contributed by atoms with Gasteiger partial charge >= 0.3 is 11.9 Å². The summed E-state index contributed by atoms with van der Waals surface area (Å²) >= 11 is 0. The van der Waals surface area contributed by atoms with Gasteiger partial charge in [0.15, 0.2) is 5.41 Å². The first-order valence-corrected chi connectivity index (χ1v) is 6.67. The summed E-state index contributed by atoms with van der Waals surface area (Å²) in [5.41, 5.74) is -1.40. The van der Waals surface area contributed by atoms with Crippen LogP contribution in [0.25, 0.3) is 0 Å². The largest absolute Gasteiger partial charge is 0.480 e. The topological polar surface area (TPSA) is 63.6 Å². The van der Waals surface area contributed by atoms with Crippen molar-refractivity contribution < 1.29 is 19.4 Å². The van der Waals surface area contributed by atoms with E-state index >= 15 is 0 Å². The van der Waals surface area contributed by atoms with Crippen molar-refractivity contribution >= 4 is 11.9 Å². The van der Waals surface area contributed by atoms with Crippen LogP contribution in [0.4, 0.5) is 0 Å².